The van der Waals surface area contributed by atoms with Gasteiger partial charge in [-0.2, -0.15) is 0 Å². The highest BCUT2D eigenvalue weighted by atomic mass is 32.1. The van der Waals surface area contributed by atoms with Crippen molar-refractivity contribution in [2.75, 3.05) is 32.2 Å². The molecule has 1 aliphatic rings. The van der Waals surface area contributed by atoms with E-state index in [0.29, 0.717) is 6.61 Å². The molecule has 1 aromatic heterocycles. The van der Waals surface area contributed by atoms with Gasteiger partial charge in [-0.1, -0.05) is 6.92 Å². The Morgan fingerprint density at radius 3 is 2.70 bits per heavy atom. The molecule has 4 rings (SSSR count). The van der Waals surface area contributed by atoms with Crippen molar-refractivity contribution in [1.29, 1.82) is 0 Å². The van der Waals surface area contributed by atoms with Gasteiger partial charge in [0.05, 0.1) is 16.3 Å². The number of aromatic nitrogens is 1. The third kappa shape index (κ3) is 5.12. The highest BCUT2D eigenvalue weighted by Crippen LogP contribution is 2.33. The van der Waals surface area contributed by atoms with Gasteiger partial charge >= 0.3 is 0 Å². The average Bonchev–Trinajstić information content (AvgIpc) is 3.21. The fourth-order valence-corrected chi connectivity index (χ4v) is 4.50. The summed E-state index contributed by atoms with van der Waals surface area (Å²) in [6, 6.07) is 14.6. The standard InChI is InChI=1S/C24H30N2O3S/c1-4-19(29-23-7-5-6-14-27-23)16-28-20-12-13-21-22(15-20)30-24(25-21)17-8-10-18(11-9-17)26(2)3/h8-13,15,19,23H,4-7,14,16H2,1-3H3/t19-,23?/m0/s1. The van der Waals surface area contributed by atoms with Gasteiger partial charge in [-0.15, -0.1) is 11.3 Å². The van der Waals surface area contributed by atoms with Crippen molar-refractivity contribution in [1.82, 2.24) is 4.98 Å². The van der Waals surface area contributed by atoms with E-state index in [2.05, 4.69) is 42.2 Å². The predicted molar refractivity (Wildman–Crippen MR) is 124 cm³/mol. The maximum atomic E-state index is 6.08. The minimum absolute atomic E-state index is 0.0380. The third-order valence-electron chi connectivity index (χ3n) is 5.36. The lowest BCUT2D eigenvalue weighted by atomic mass is 10.2. The van der Waals surface area contributed by atoms with E-state index < -0.39 is 0 Å². The monoisotopic (exact) mass is 426 g/mol. The Kier molecular flexibility index (Phi) is 6.87. The van der Waals surface area contributed by atoms with Crippen molar-refractivity contribution >= 4 is 27.2 Å². The van der Waals surface area contributed by atoms with E-state index in [1.807, 2.05) is 26.2 Å². The van der Waals surface area contributed by atoms with E-state index in [9.17, 15) is 0 Å². The predicted octanol–water partition coefficient (Wildman–Crippen LogP) is 5.73. The van der Waals surface area contributed by atoms with Crippen LogP contribution in [-0.4, -0.2) is 44.7 Å². The summed E-state index contributed by atoms with van der Waals surface area (Å²) in [6.07, 6.45) is 4.12. The van der Waals surface area contributed by atoms with Crippen LogP contribution in [0.4, 0.5) is 5.69 Å². The second-order valence-corrected chi connectivity index (χ2v) is 8.89. The molecule has 1 aliphatic heterocycles. The number of nitrogens with zero attached hydrogens (tertiary/aromatic N) is 2. The van der Waals surface area contributed by atoms with E-state index in [4.69, 9.17) is 19.2 Å². The first kappa shape index (κ1) is 21.1. The number of benzene rings is 2. The second-order valence-electron chi connectivity index (χ2n) is 7.86. The lowest BCUT2D eigenvalue weighted by molar-refractivity contribution is -0.193. The molecule has 2 heterocycles. The zero-order chi connectivity index (χ0) is 20.9. The van der Waals surface area contributed by atoms with Gasteiger partial charge in [0, 0.05) is 32.0 Å². The van der Waals surface area contributed by atoms with Crippen LogP contribution in [-0.2, 0) is 9.47 Å². The van der Waals surface area contributed by atoms with Crippen LogP contribution in [0, 0.1) is 0 Å². The molecule has 2 aromatic carbocycles. The molecule has 6 heteroatoms. The number of rotatable bonds is 8. The highest BCUT2D eigenvalue weighted by Gasteiger charge is 2.19. The summed E-state index contributed by atoms with van der Waals surface area (Å²) in [7, 11) is 4.09. The number of anilines is 1. The van der Waals surface area contributed by atoms with Gasteiger partial charge in [0.25, 0.3) is 0 Å². The Hall–Kier alpha value is -2.15. The maximum absolute atomic E-state index is 6.08. The van der Waals surface area contributed by atoms with Crippen molar-refractivity contribution in [3.05, 3.63) is 42.5 Å². The summed E-state index contributed by atoms with van der Waals surface area (Å²) in [4.78, 5) is 6.89. The van der Waals surface area contributed by atoms with Crippen LogP contribution in [0.1, 0.15) is 32.6 Å². The lowest BCUT2D eigenvalue weighted by Gasteiger charge is -2.27. The Labute approximate surface area is 182 Å². The summed E-state index contributed by atoms with van der Waals surface area (Å²) in [6.45, 7) is 3.45. The molecule has 0 bridgehead atoms. The van der Waals surface area contributed by atoms with Crippen LogP contribution in [0.25, 0.3) is 20.8 Å². The number of fused-ring (bicyclic) bond motifs is 1. The number of thiazole rings is 1. The SMILES string of the molecule is CC[C@@H](COc1ccc2nc(-c3ccc(N(C)C)cc3)sc2c1)OC1CCCCO1. The summed E-state index contributed by atoms with van der Waals surface area (Å²) in [5.74, 6) is 0.854. The first-order valence-electron chi connectivity index (χ1n) is 10.7. The third-order valence-corrected chi connectivity index (χ3v) is 6.43. The maximum Gasteiger partial charge on any atom is 0.158 e. The minimum Gasteiger partial charge on any atom is -0.491 e. The smallest absolute Gasteiger partial charge is 0.158 e. The zero-order valence-corrected chi connectivity index (χ0v) is 18.8. The van der Waals surface area contributed by atoms with Gasteiger partial charge in [0.15, 0.2) is 6.29 Å². The summed E-state index contributed by atoms with van der Waals surface area (Å²) in [5, 5.41) is 1.02. The van der Waals surface area contributed by atoms with Gasteiger partial charge in [-0.05, 0) is 68.1 Å². The van der Waals surface area contributed by atoms with Crippen LogP contribution in [0.3, 0.4) is 0 Å². The van der Waals surface area contributed by atoms with Crippen LogP contribution >= 0.6 is 11.3 Å². The topological polar surface area (TPSA) is 43.8 Å². The van der Waals surface area contributed by atoms with Crippen molar-refractivity contribution in [3.8, 4) is 16.3 Å². The Morgan fingerprint density at radius 1 is 1.17 bits per heavy atom. The van der Waals surface area contributed by atoms with E-state index in [1.54, 1.807) is 11.3 Å². The molecular weight excluding hydrogens is 396 g/mol. The van der Waals surface area contributed by atoms with E-state index in [-0.39, 0.29) is 12.4 Å². The average molecular weight is 427 g/mol. The van der Waals surface area contributed by atoms with Crippen molar-refractivity contribution in [3.63, 3.8) is 0 Å². The first-order valence-corrected chi connectivity index (χ1v) is 11.5. The quantitative estimate of drug-likeness (QED) is 0.460. The van der Waals surface area contributed by atoms with Gasteiger partial charge in [-0.3, -0.25) is 0 Å². The van der Waals surface area contributed by atoms with E-state index in [0.717, 1.165) is 52.4 Å². The molecule has 0 spiro atoms. The van der Waals surface area contributed by atoms with Gasteiger partial charge < -0.3 is 19.1 Å². The molecule has 0 N–H and O–H groups in total. The molecule has 0 amide bonds. The van der Waals surface area contributed by atoms with Gasteiger partial charge in [0.2, 0.25) is 0 Å². The van der Waals surface area contributed by atoms with Gasteiger partial charge in [-0.25, -0.2) is 4.98 Å². The number of hydrogen-bond acceptors (Lipinski definition) is 6. The molecule has 0 saturated carbocycles. The zero-order valence-electron chi connectivity index (χ0n) is 18.0. The molecule has 3 aromatic rings. The van der Waals surface area contributed by atoms with Crippen LogP contribution < -0.4 is 9.64 Å². The molecule has 30 heavy (non-hydrogen) atoms. The molecule has 1 unspecified atom stereocenters. The summed E-state index contributed by atoms with van der Waals surface area (Å²) in [5.41, 5.74) is 3.32. The molecular formula is C24H30N2O3S. The Bertz CT molecular complexity index is 949. The summed E-state index contributed by atoms with van der Waals surface area (Å²) < 4.78 is 19.0. The molecule has 1 saturated heterocycles. The molecule has 0 aliphatic carbocycles. The Balaban J connectivity index is 1.41. The number of ether oxygens (including phenoxy) is 3. The molecule has 2 atom stereocenters. The van der Waals surface area contributed by atoms with Crippen LogP contribution in [0.2, 0.25) is 0 Å². The van der Waals surface area contributed by atoms with Crippen LogP contribution in [0.15, 0.2) is 42.5 Å². The largest absolute Gasteiger partial charge is 0.491 e. The Morgan fingerprint density at radius 2 is 2.00 bits per heavy atom. The van der Waals surface area contributed by atoms with Gasteiger partial charge in [0.1, 0.15) is 17.4 Å². The molecule has 160 valence electrons. The highest BCUT2D eigenvalue weighted by molar-refractivity contribution is 7.21. The normalized spacial score (nSPS) is 17.8. The molecule has 5 nitrogen and oxygen atoms in total. The van der Waals surface area contributed by atoms with Crippen LogP contribution in [0.5, 0.6) is 5.75 Å². The fraction of sp³-hybridized carbons (Fsp3) is 0.458. The summed E-state index contributed by atoms with van der Waals surface area (Å²) >= 11 is 1.69. The minimum atomic E-state index is -0.0854. The molecule has 1 fully saturated rings. The lowest BCUT2D eigenvalue weighted by Crippen LogP contribution is -2.31. The van der Waals surface area contributed by atoms with Crippen molar-refractivity contribution < 1.29 is 14.2 Å². The van der Waals surface area contributed by atoms with E-state index in [1.165, 1.54) is 12.1 Å². The molecule has 0 radical (unpaired) electrons. The van der Waals surface area contributed by atoms with E-state index >= 15 is 0 Å². The first-order chi connectivity index (χ1) is 14.6. The second kappa shape index (κ2) is 9.77. The van der Waals surface area contributed by atoms with Crippen molar-refractivity contribution in [2.24, 2.45) is 0 Å². The number of hydrogen-bond donors (Lipinski definition) is 0. The van der Waals surface area contributed by atoms with Crippen molar-refractivity contribution in [2.45, 2.75) is 45.0 Å². The fourth-order valence-electron chi connectivity index (χ4n) is 3.50.